The lowest BCUT2D eigenvalue weighted by Gasteiger charge is -2.25. The molecule has 2 N–H and O–H groups in total. The van der Waals surface area contributed by atoms with Crippen LogP contribution >= 0.6 is 24.0 Å². The number of aromatic nitrogens is 3. The topological polar surface area (TPSA) is 87.4 Å². The van der Waals surface area contributed by atoms with Gasteiger partial charge in [-0.3, -0.25) is 4.79 Å². The molecule has 0 bridgehead atoms. The third kappa shape index (κ3) is 5.71. The van der Waals surface area contributed by atoms with E-state index in [1.54, 1.807) is 6.33 Å². The lowest BCUT2D eigenvalue weighted by molar-refractivity contribution is -0.128. The zero-order valence-corrected chi connectivity index (χ0v) is 19.7. The van der Waals surface area contributed by atoms with Crippen molar-refractivity contribution in [2.45, 2.75) is 58.3 Å². The molecular weight excluding hydrogens is 493 g/mol. The first-order valence-electron chi connectivity index (χ1n) is 10.5. The molecule has 1 aromatic carbocycles. The van der Waals surface area contributed by atoms with E-state index in [0.717, 1.165) is 61.8 Å². The molecule has 0 radical (unpaired) electrons. The monoisotopic (exact) mass is 523 g/mol. The quantitative estimate of drug-likeness (QED) is 0.344. The van der Waals surface area contributed by atoms with E-state index in [2.05, 4.69) is 51.9 Å². The number of benzene rings is 1. The molecule has 162 valence electrons. The van der Waals surface area contributed by atoms with E-state index in [1.165, 1.54) is 0 Å². The Bertz CT molecular complexity index is 882. The zero-order chi connectivity index (χ0) is 20.1. The zero-order valence-electron chi connectivity index (χ0n) is 17.4. The fourth-order valence-corrected chi connectivity index (χ4v) is 3.96. The molecule has 1 amide bonds. The molecule has 0 spiro atoms. The summed E-state index contributed by atoms with van der Waals surface area (Å²) in [5.41, 5.74) is 2.31. The van der Waals surface area contributed by atoms with Gasteiger partial charge in [-0.05, 0) is 30.9 Å². The number of carbonyl (C=O) groups excluding carboxylic acids is 1. The lowest BCUT2D eigenvalue weighted by atomic mass is 10.1. The van der Waals surface area contributed by atoms with Crippen molar-refractivity contribution < 1.29 is 4.79 Å². The fourth-order valence-electron chi connectivity index (χ4n) is 3.96. The number of guanidine groups is 1. The molecule has 1 unspecified atom stereocenters. The highest BCUT2D eigenvalue weighted by atomic mass is 127. The molecule has 1 fully saturated rings. The maximum Gasteiger partial charge on any atom is 0.222 e. The average molecular weight is 523 g/mol. The van der Waals surface area contributed by atoms with Crippen molar-refractivity contribution in [1.29, 1.82) is 0 Å². The van der Waals surface area contributed by atoms with Gasteiger partial charge in [0.25, 0.3) is 0 Å². The van der Waals surface area contributed by atoms with Crippen LogP contribution in [0.4, 0.5) is 0 Å². The van der Waals surface area contributed by atoms with E-state index in [1.807, 2.05) is 9.58 Å². The summed E-state index contributed by atoms with van der Waals surface area (Å²) in [4.78, 5) is 22.9. The highest BCUT2D eigenvalue weighted by molar-refractivity contribution is 14.0. The highest BCUT2D eigenvalue weighted by Gasteiger charge is 2.21. The van der Waals surface area contributed by atoms with Crippen molar-refractivity contribution in [2.75, 3.05) is 13.1 Å². The maximum atomic E-state index is 11.9. The number of hydrogen-bond acceptors (Lipinski definition) is 4. The SMILES string of the molecule is CCNC(=NCc1cccc(CN2CCCC2=O)c1)NC1CCc2ncnn2C1.I. The Morgan fingerprint density at radius 1 is 1.30 bits per heavy atom. The van der Waals surface area contributed by atoms with Gasteiger partial charge in [-0.2, -0.15) is 5.10 Å². The van der Waals surface area contributed by atoms with Crippen molar-refractivity contribution >= 4 is 35.8 Å². The van der Waals surface area contributed by atoms with Crippen molar-refractivity contribution in [1.82, 2.24) is 30.3 Å². The summed E-state index contributed by atoms with van der Waals surface area (Å²) in [7, 11) is 0. The van der Waals surface area contributed by atoms with Crippen LogP contribution in [-0.2, 0) is 30.8 Å². The van der Waals surface area contributed by atoms with E-state index in [9.17, 15) is 4.79 Å². The number of nitrogens with one attached hydrogen (secondary N) is 2. The summed E-state index contributed by atoms with van der Waals surface area (Å²) in [5, 5.41) is 11.2. The minimum atomic E-state index is 0. The van der Waals surface area contributed by atoms with Gasteiger partial charge in [0.15, 0.2) is 5.96 Å². The van der Waals surface area contributed by atoms with Gasteiger partial charge < -0.3 is 15.5 Å². The van der Waals surface area contributed by atoms with Crippen LogP contribution in [0.5, 0.6) is 0 Å². The largest absolute Gasteiger partial charge is 0.357 e. The minimum Gasteiger partial charge on any atom is -0.357 e. The second-order valence-electron chi connectivity index (χ2n) is 7.67. The number of rotatable bonds is 6. The molecule has 8 nitrogen and oxygen atoms in total. The van der Waals surface area contributed by atoms with Gasteiger partial charge in [0.05, 0.1) is 13.1 Å². The van der Waals surface area contributed by atoms with Crippen LogP contribution in [0.25, 0.3) is 0 Å². The smallest absolute Gasteiger partial charge is 0.222 e. The average Bonchev–Trinajstić information content (AvgIpc) is 3.35. The Morgan fingerprint density at radius 3 is 2.97 bits per heavy atom. The number of aliphatic imine (C=N–C) groups is 1. The molecule has 0 saturated carbocycles. The Kier molecular flexibility index (Phi) is 8.06. The van der Waals surface area contributed by atoms with Gasteiger partial charge in [-0.25, -0.2) is 14.7 Å². The van der Waals surface area contributed by atoms with Crippen molar-refractivity contribution in [3.05, 3.63) is 47.5 Å². The second kappa shape index (κ2) is 10.7. The first-order valence-corrected chi connectivity index (χ1v) is 10.5. The number of amides is 1. The molecule has 2 aliphatic rings. The van der Waals surface area contributed by atoms with Gasteiger partial charge in [-0.15, -0.1) is 24.0 Å². The Morgan fingerprint density at radius 2 is 2.17 bits per heavy atom. The predicted molar refractivity (Wildman–Crippen MR) is 127 cm³/mol. The summed E-state index contributed by atoms with van der Waals surface area (Å²) >= 11 is 0. The first-order chi connectivity index (χ1) is 14.2. The fraction of sp³-hybridized carbons (Fsp3) is 0.524. The van der Waals surface area contributed by atoms with E-state index in [-0.39, 0.29) is 35.9 Å². The summed E-state index contributed by atoms with van der Waals surface area (Å²) in [6, 6.07) is 8.66. The van der Waals surface area contributed by atoms with Crippen molar-refractivity contribution in [3.8, 4) is 0 Å². The van der Waals surface area contributed by atoms with Crippen LogP contribution < -0.4 is 10.6 Å². The van der Waals surface area contributed by atoms with Gasteiger partial charge in [0.1, 0.15) is 12.2 Å². The molecule has 2 aromatic rings. The molecule has 2 aliphatic heterocycles. The number of carbonyl (C=O) groups is 1. The van der Waals surface area contributed by atoms with E-state index < -0.39 is 0 Å². The Balaban J connectivity index is 0.00000256. The normalized spacial score (nSPS) is 18.7. The van der Waals surface area contributed by atoms with Gasteiger partial charge in [-0.1, -0.05) is 24.3 Å². The maximum absolute atomic E-state index is 11.9. The van der Waals surface area contributed by atoms with E-state index >= 15 is 0 Å². The van der Waals surface area contributed by atoms with Crippen LogP contribution in [-0.4, -0.2) is 50.7 Å². The van der Waals surface area contributed by atoms with Crippen molar-refractivity contribution in [2.24, 2.45) is 4.99 Å². The molecule has 1 aromatic heterocycles. The Labute approximate surface area is 194 Å². The molecular formula is C21H30IN7O. The standard InChI is InChI=1S/C21H29N7O.HI/c1-2-22-21(26-18-8-9-19-24-15-25-28(19)14-18)23-12-16-5-3-6-17(11-16)13-27-10-4-7-20(27)29;/h3,5-6,11,15,18H,2,4,7-10,12-14H2,1H3,(H2,22,23,26);1H. The summed E-state index contributed by atoms with van der Waals surface area (Å²) in [6.07, 6.45) is 5.22. The van der Waals surface area contributed by atoms with Gasteiger partial charge in [0, 0.05) is 38.5 Å². The molecule has 3 heterocycles. The highest BCUT2D eigenvalue weighted by Crippen LogP contribution is 2.16. The van der Waals surface area contributed by atoms with E-state index in [4.69, 9.17) is 4.99 Å². The van der Waals surface area contributed by atoms with Crippen LogP contribution in [0, 0.1) is 0 Å². The lowest BCUT2D eigenvalue weighted by Crippen LogP contribution is -2.47. The number of fused-ring (bicyclic) bond motifs is 1. The number of nitrogens with zero attached hydrogens (tertiary/aromatic N) is 5. The predicted octanol–water partition coefficient (Wildman–Crippen LogP) is 2.09. The Hall–Kier alpha value is -2.17. The molecule has 30 heavy (non-hydrogen) atoms. The molecule has 1 saturated heterocycles. The second-order valence-corrected chi connectivity index (χ2v) is 7.67. The summed E-state index contributed by atoms with van der Waals surface area (Å²) in [5.74, 6) is 2.13. The van der Waals surface area contributed by atoms with Gasteiger partial charge >= 0.3 is 0 Å². The molecule has 4 rings (SSSR count). The summed E-state index contributed by atoms with van der Waals surface area (Å²) in [6.45, 7) is 5.84. The third-order valence-corrected chi connectivity index (χ3v) is 5.45. The first kappa shape index (κ1) is 22.5. The minimum absolute atomic E-state index is 0. The van der Waals surface area contributed by atoms with E-state index in [0.29, 0.717) is 19.5 Å². The number of aryl methyl sites for hydroxylation is 1. The molecule has 0 aliphatic carbocycles. The van der Waals surface area contributed by atoms with Crippen LogP contribution in [0.1, 0.15) is 43.1 Å². The number of halogens is 1. The number of hydrogen-bond donors (Lipinski definition) is 2. The van der Waals surface area contributed by atoms with Crippen LogP contribution in [0.15, 0.2) is 35.6 Å². The summed E-state index contributed by atoms with van der Waals surface area (Å²) < 4.78 is 1.97. The third-order valence-electron chi connectivity index (χ3n) is 5.45. The van der Waals surface area contributed by atoms with Crippen LogP contribution in [0.3, 0.4) is 0 Å². The van der Waals surface area contributed by atoms with Crippen molar-refractivity contribution in [3.63, 3.8) is 0 Å². The molecule has 1 atom stereocenters. The molecule has 9 heteroatoms. The number of likely N-dealkylation sites (tertiary alicyclic amines) is 1. The van der Waals surface area contributed by atoms with Gasteiger partial charge in [0.2, 0.25) is 5.91 Å². The van der Waals surface area contributed by atoms with Crippen LogP contribution in [0.2, 0.25) is 0 Å².